The van der Waals surface area contributed by atoms with Crippen LogP contribution in [0.15, 0.2) is 46.0 Å². The van der Waals surface area contributed by atoms with Gasteiger partial charge in [0.15, 0.2) is 0 Å². The van der Waals surface area contributed by atoms with Crippen molar-refractivity contribution in [2.75, 3.05) is 4.72 Å². The first kappa shape index (κ1) is 12.5. The molecule has 0 unspecified atom stereocenters. The second-order valence-electron chi connectivity index (χ2n) is 3.35. The van der Waals surface area contributed by atoms with Crippen LogP contribution in [0.5, 0.6) is 0 Å². The molecule has 1 N–H and O–H groups in total. The summed E-state index contributed by atoms with van der Waals surface area (Å²) in [7, 11) is -3.67. The van der Waals surface area contributed by atoms with Gasteiger partial charge in [0.2, 0.25) is 0 Å². The fraction of sp³-hybridized carbons (Fsp3) is 0. The zero-order valence-corrected chi connectivity index (χ0v) is 10.6. The van der Waals surface area contributed by atoms with Crippen LogP contribution in [0.4, 0.5) is 11.4 Å². The minimum absolute atomic E-state index is 0.161. The summed E-state index contributed by atoms with van der Waals surface area (Å²) in [6.45, 7) is 0. The number of nitrogens with zero attached hydrogens (tertiary/aromatic N) is 1. The van der Waals surface area contributed by atoms with Crippen molar-refractivity contribution in [3.05, 3.63) is 51.9 Å². The third-order valence-electron chi connectivity index (χ3n) is 2.07. The number of non-ortho nitro benzene ring substituents is 1. The summed E-state index contributed by atoms with van der Waals surface area (Å²) in [5.41, 5.74) is -0.000945. The fourth-order valence-electron chi connectivity index (χ4n) is 1.30. The van der Waals surface area contributed by atoms with E-state index < -0.39 is 14.9 Å². The quantitative estimate of drug-likeness (QED) is 0.689. The molecule has 6 nitrogen and oxygen atoms in total. The fourth-order valence-corrected chi connectivity index (χ4v) is 3.35. The highest BCUT2D eigenvalue weighted by atomic mass is 32.2. The normalized spacial score (nSPS) is 11.1. The maximum atomic E-state index is 11.9. The number of rotatable bonds is 4. The van der Waals surface area contributed by atoms with Crippen molar-refractivity contribution in [3.63, 3.8) is 0 Å². The third-order valence-corrected chi connectivity index (χ3v) is 4.85. The standard InChI is InChI=1S/C10H8N2O4S2/c13-12(14)9-4-1-3-8(7-9)11-18(15,16)10-5-2-6-17-10/h1-7,11H. The minimum Gasteiger partial charge on any atom is -0.279 e. The summed E-state index contributed by atoms with van der Waals surface area (Å²) in [4.78, 5) is 10.00. The third kappa shape index (κ3) is 2.66. The summed E-state index contributed by atoms with van der Waals surface area (Å²) in [6.07, 6.45) is 0. The molecule has 0 aliphatic heterocycles. The van der Waals surface area contributed by atoms with Gasteiger partial charge in [0.05, 0.1) is 10.6 Å². The summed E-state index contributed by atoms with van der Waals surface area (Å²) in [5.74, 6) is 0. The van der Waals surface area contributed by atoms with Crippen molar-refractivity contribution < 1.29 is 13.3 Å². The Balaban J connectivity index is 2.30. The minimum atomic E-state index is -3.67. The van der Waals surface area contributed by atoms with E-state index in [1.807, 2.05) is 0 Å². The van der Waals surface area contributed by atoms with Crippen LogP contribution in [0.3, 0.4) is 0 Å². The van der Waals surface area contributed by atoms with Crippen LogP contribution < -0.4 is 4.72 Å². The molecule has 2 aromatic rings. The van der Waals surface area contributed by atoms with Gasteiger partial charge in [0.1, 0.15) is 4.21 Å². The monoisotopic (exact) mass is 284 g/mol. The van der Waals surface area contributed by atoms with Crippen LogP contribution in [0, 0.1) is 10.1 Å². The van der Waals surface area contributed by atoms with Gasteiger partial charge in [0.25, 0.3) is 15.7 Å². The molecule has 8 heteroatoms. The van der Waals surface area contributed by atoms with E-state index >= 15 is 0 Å². The summed E-state index contributed by atoms with van der Waals surface area (Å²) in [5, 5.41) is 12.2. The van der Waals surface area contributed by atoms with E-state index in [1.54, 1.807) is 11.4 Å². The van der Waals surface area contributed by atoms with Gasteiger partial charge >= 0.3 is 0 Å². The Morgan fingerprint density at radius 3 is 2.61 bits per heavy atom. The highest BCUT2D eigenvalue weighted by Gasteiger charge is 2.16. The number of anilines is 1. The Kier molecular flexibility index (Phi) is 3.30. The lowest BCUT2D eigenvalue weighted by molar-refractivity contribution is -0.384. The molecule has 18 heavy (non-hydrogen) atoms. The first-order valence-electron chi connectivity index (χ1n) is 4.80. The van der Waals surface area contributed by atoms with Crippen molar-refractivity contribution >= 4 is 32.7 Å². The van der Waals surface area contributed by atoms with Crippen LogP contribution in [-0.2, 0) is 10.0 Å². The van der Waals surface area contributed by atoms with Crippen LogP contribution in [-0.4, -0.2) is 13.3 Å². The van der Waals surface area contributed by atoms with Gasteiger partial charge in [-0.3, -0.25) is 14.8 Å². The van der Waals surface area contributed by atoms with Crippen LogP contribution in [0.1, 0.15) is 0 Å². The molecule has 0 spiro atoms. The van der Waals surface area contributed by atoms with Crippen molar-refractivity contribution in [2.45, 2.75) is 4.21 Å². The number of nitro benzene ring substituents is 1. The van der Waals surface area contributed by atoms with Gasteiger partial charge in [-0.15, -0.1) is 11.3 Å². The van der Waals surface area contributed by atoms with Crippen LogP contribution in [0.2, 0.25) is 0 Å². The molecule has 0 radical (unpaired) electrons. The molecular weight excluding hydrogens is 276 g/mol. The average Bonchev–Trinajstić information content (AvgIpc) is 2.82. The van der Waals surface area contributed by atoms with E-state index in [0.717, 1.165) is 11.3 Å². The first-order valence-corrected chi connectivity index (χ1v) is 7.16. The zero-order chi connectivity index (χ0) is 13.2. The van der Waals surface area contributed by atoms with E-state index in [4.69, 9.17) is 0 Å². The van der Waals surface area contributed by atoms with Crippen LogP contribution in [0.25, 0.3) is 0 Å². The predicted octanol–water partition coefficient (Wildman–Crippen LogP) is 2.46. The Labute approximate surface area is 107 Å². The lowest BCUT2D eigenvalue weighted by Crippen LogP contribution is -2.11. The van der Waals surface area contributed by atoms with Crippen molar-refractivity contribution in [3.8, 4) is 0 Å². The van der Waals surface area contributed by atoms with E-state index in [9.17, 15) is 18.5 Å². The molecule has 94 valence electrons. The molecule has 0 aliphatic carbocycles. The van der Waals surface area contributed by atoms with Crippen LogP contribution >= 0.6 is 11.3 Å². The van der Waals surface area contributed by atoms with Gasteiger partial charge in [-0.25, -0.2) is 8.42 Å². The molecule has 0 amide bonds. The molecule has 0 fully saturated rings. The van der Waals surface area contributed by atoms with Gasteiger partial charge in [-0.1, -0.05) is 12.1 Å². The predicted molar refractivity (Wildman–Crippen MR) is 68.2 cm³/mol. The number of thiophene rings is 1. The molecule has 0 saturated heterocycles. The molecule has 0 aliphatic rings. The molecule has 1 aromatic heterocycles. The Morgan fingerprint density at radius 2 is 2.00 bits per heavy atom. The number of benzene rings is 1. The smallest absolute Gasteiger partial charge is 0.271 e. The summed E-state index contributed by atoms with van der Waals surface area (Å²) < 4.78 is 26.2. The highest BCUT2D eigenvalue weighted by Crippen LogP contribution is 2.22. The molecule has 0 bridgehead atoms. The number of sulfonamides is 1. The highest BCUT2D eigenvalue weighted by molar-refractivity contribution is 7.94. The lowest BCUT2D eigenvalue weighted by atomic mass is 10.3. The van der Waals surface area contributed by atoms with Gasteiger partial charge < -0.3 is 0 Å². The Hall–Kier alpha value is -1.93. The van der Waals surface area contributed by atoms with Crippen molar-refractivity contribution in [2.24, 2.45) is 0 Å². The largest absolute Gasteiger partial charge is 0.279 e. The number of nitro groups is 1. The van der Waals surface area contributed by atoms with Gasteiger partial charge in [-0.2, -0.15) is 0 Å². The SMILES string of the molecule is O=[N+]([O-])c1cccc(NS(=O)(=O)c2cccs2)c1. The van der Waals surface area contributed by atoms with E-state index in [1.165, 1.54) is 30.3 Å². The molecule has 2 rings (SSSR count). The maximum Gasteiger partial charge on any atom is 0.271 e. The Morgan fingerprint density at radius 1 is 1.22 bits per heavy atom. The topological polar surface area (TPSA) is 89.3 Å². The van der Waals surface area contributed by atoms with Crippen molar-refractivity contribution in [1.29, 1.82) is 0 Å². The van der Waals surface area contributed by atoms with Gasteiger partial charge in [-0.05, 0) is 17.5 Å². The molecule has 0 saturated carbocycles. The van der Waals surface area contributed by atoms with E-state index in [0.29, 0.717) is 0 Å². The number of hydrogen-bond donors (Lipinski definition) is 1. The molecule has 0 atom stereocenters. The van der Waals surface area contributed by atoms with E-state index in [-0.39, 0.29) is 15.6 Å². The number of hydrogen-bond acceptors (Lipinski definition) is 5. The lowest BCUT2D eigenvalue weighted by Gasteiger charge is -2.05. The summed E-state index contributed by atoms with van der Waals surface area (Å²) >= 11 is 1.08. The van der Waals surface area contributed by atoms with E-state index in [2.05, 4.69) is 4.72 Å². The molecule has 1 heterocycles. The number of nitrogens with one attached hydrogen (secondary N) is 1. The molecular formula is C10H8N2O4S2. The second kappa shape index (κ2) is 4.75. The van der Waals surface area contributed by atoms with Gasteiger partial charge in [0, 0.05) is 12.1 Å². The second-order valence-corrected chi connectivity index (χ2v) is 6.20. The molecule has 1 aromatic carbocycles. The zero-order valence-electron chi connectivity index (χ0n) is 8.94. The Bertz CT molecular complexity index is 665. The average molecular weight is 284 g/mol. The maximum absolute atomic E-state index is 11.9. The summed E-state index contributed by atoms with van der Waals surface area (Å²) in [6, 6.07) is 8.42. The first-order chi connectivity index (χ1) is 8.49. The van der Waals surface area contributed by atoms with Crippen molar-refractivity contribution in [1.82, 2.24) is 0 Å².